The summed E-state index contributed by atoms with van der Waals surface area (Å²) in [6, 6.07) is 22.5. The van der Waals surface area contributed by atoms with Crippen LogP contribution in [0.3, 0.4) is 0 Å². The van der Waals surface area contributed by atoms with E-state index in [4.69, 9.17) is 0 Å². The van der Waals surface area contributed by atoms with Gasteiger partial charge in [-0.05, 0) is 67.8 Å². The molecule has 1 aromatic heterocycles. The lowest BCUT2D eigenvalue weighted by molar-refractivity contribution is 0.667. The number of rotatable bonds is 6. The lowest BCUT2D eigenvalue weighted by Gasteiger charge is -2.09. The standard InChI is InChI=1S/C25H26BrN/c1-3-4-5-6-7-19-9-12-21(13-10-19)27-24-14-8-18(2)16-22(24)23-17-20(26)11-15-25(23)27/h8-17H,3-7H2,1-2H3. The van der Waals surface area contributed by atoms with E-state index in [0.717, 1.165) is 4.47 Å². The van der Waals surface area contributed by atoms with E-state index in [1.54, 1.807) is 0 Å². The zero-order valence-corrected chi connectivity index (χ0v) is 17.7. The molecule has 0 N–H and O–H groups in total. The van der Waals surface area contributed by atoms with Crippen molar-refractivity contribution in [3.63, 3.8) is 0 Å². The van der Waals surface area contributed by atoms with Crippen LogP contribution >= 0.6 is 15.9 Å². The third-order valence-electron chi connectivity index (χ3n) is 5.40. The third-order valence-corrected chi connectivity index (χ3v) is 5.89. The number of fused-ring (bicyclic) bond motifs is 3. The Morgan fingerprint density at radius 1 is 0.778 bits per heavy atom. The first-order valence-electron chi connectivity index (χ1n) is 9.97. The monoisotopic (exact) mass is 419 g/mol. The van der Waals surface area contributed by atoms with Crippen LogP contribution in [0.5, 0.6) is 0 Å². The highest BCUT2D eigenvalue weighted by atomic mass is 79.9. The second kappa shape index (κ2) is 7.90. The number of unbranched alkanes of at least 4 members (excludes halogenated alkanes) is 3. The molecule has 0 amide bonds. The second-order valence-corrected chi connectivity index (χ2v) is 8.41. The van der Waals surface area contributed by atoms with Crippen LogP contribution in [0.4, 0.5) is 0 Å². The van der Waals surface area contributed by atoms with Gasteiger partial charge in [0.25, 0.3) is 0 Å². The molecule has 0 atom stereocenters. The van der Waals surface area contributed by atoms with E-state index in [2.05, 4.69) is 95.0 Å². The van der Waals surface area contributed by atoms with Gasteiger partial charge < -0.3 is 4.57 Å². The molecule has 4 aromatic rings. The molecule has 0 radical (unpaired) electrons. The van der Waals surface area contributed by atoms with E-state index >= 15 is 0 Å². The highest BCUT2D eigenvalue weighted by Gasteiger charge is 2.12. The molecule has 1 heterocycles. The molecule has 0 aliphatic rings. The number of hydrogen-bond donors (Lipinski definition) is 0. The number of aromatic nitrogens is 1. The van der Waals surface area contributed by atoms with Crippen molar-refractivity contribution >= 4 is 37.7 Å². The quantitative estimate of drug-likeness (QED) is 0.279. The molecule has 0 bridgehead atoms. The number of benzene rings is 3. The number of halogens is 1. The molecular weight excluding hydrogens is 394 g/mol. The summed E-state index contributed by atoms with van der Waals surface area (Å²) in [5.74, 6) is 0. The van der Waals surface area contributed by atoms with Crippen molar-refractivity contribution in [3.05, 3.63) is 76.3 Å². The van der Waals surface area contributed by atoms with Gasteiger partial charge in [0.05, 0.1) is 11.0 Å². The lowest BCUT2D eigenvalue weighted by Crippen LogP contribution is -1.94. The first kappa shape index (κ1) is 18.3. The van der Waals surface area contributed by atoms with E-state index in [9.17, 15) is 0 Å². The van der Waals surface area contributed by atoms with E-state index < -0.39 is 0 Å². The maximum Gasteiger partial charge on any atom is 0.0541 e. The summed E-state index contributed by atoms with van der Waals surface area (Å²) in [5, 5.41) is 2.61. The van der Waals surface area contributed by atoms with E-state index in [1.165, 1.54) is 70.7 Å². The maximum atomic E-state index is 3.64. The van der Waals surface area contributed by atoms with E-state index in [0.29, 0.717) is 0 Å². The molecule has 2 heteroatoms. The van der Waals surface area contributed by atoms with E-state index in [-0.39, 0.29) is 0 Å². The summed E-state index contributed by atoms with van der Waals surface area (Å²) in [5.41, 5.74) is 6.50. The molecule has 4 rings (SSSR count). The van der Waals surface area contributed by atoms with Crippen molar-refractivity contribution < 1.29 is 0 Å². The summed E-state index contributed by atoms with van der Waals surface area (Å²) in [4.78, 5) is 0. The topological polar surface area (TPSA) is 4.93 Å². The first-order valence-corrected chi connectivity index (χ1v) is 10.8. The van der Waals surface area contributed by atoms with Crippen LogP contribution in [0.1, 0.15) is 43.7 Å². The van der Waals surface area contributed by atoms with Gasteiger partial charge >= 0.3 is 0 Å². The average Bonchev–Trinajstić information content (AvgIpc) is 2.99. The van der Waals surface area contributed by atoms with Gasteiger partial charge in [0.1, 0.15) is 0 Å². The normalized spacial score (nSPS) is 11.5. The van der Waals surface area contributed by atoms with Crippen LogP contribution in [-0.4, -0.2) is 4.57 Å². The molecule has 0 aliphatic heterocycles. The SMILES string of the molecule is CCCCCCc1ccc(-n2c3ccc(C)cc3c3cc(Br)ccc32)cc1. The van der Waals surface area contributed by atoms with Gasteiger partial charge in [-0.1, -0.05) is 65.9 Å². The van der Waals surface area contributed by atoms with Crippen LogP contribution in [0.2, 0.25) is 0 Å². The Bertz CT molecular complexity index is 1010. The van der Waals surface area contributed by atoms with Gasteiger partial charge in [0, 0.05) is 20.9 Å². The fraction of sp³-hybridized carbons (Fsp3) is 0.280. The predicted molar refractivity (Wildman–Crippen MR) is 121 cm³/mol. The predicted octanol–water partition coefficient (Wildman–Crippen LogP) is 7.98. The first-order chi connectivity index (χ1) is 13.2. The molecule has 27 heavy (non-hydrogen) atoms. The molecule has 0 fully saturated rings. The van der Waals surface area contributed by atoms with Crippen molar-refractivity contribution in [3.8, 4) is 5.69 Å². The molecule has 0 aliphatic carbocycles. The zero-order chi connectivity index (χ0) is 18.8. The average molecular weight is 420 g/mol. The molecular formula is C25H26BrN. The minimum Gasteiger partial charge on any atom is -0.309 e. The lowest BCUT2D eigenvalue weighted by atomic mass is 10.1. The Balaban J connectivity index is 1.76. The van der Waals surface area contributed by atoms with Crippen LogP contribution in [-0.2, 0) is 6.42 Å². The molecule has 0 saturated carbocycles. The highest BCUT2D eigenvalue weighted by Crippen LogP contribution is 2.34. The largest absolute Gasteiger partial charge is 0.309 e. The van der Waals surface area contributed by atoms with Gasteiger partial charge in [-0.3, -0.25) is 0 Å². The fourth-order valence-corrected chi connectivity index (χ4v) is 4.32. The summed E-state index contributed by atoms with van der Waals surface area (Å²) in [6.45, 7) is 4.43. The number of hydrogen-bond acceptors (Lipinski definition) is 0. The highest BCUT2D eigenvalue weighted by molar-refractivity contribution is 9.10. The Morgan fingerprint density at radius 3 is 2.22 bits per heavy atom. The van der Waals surface area contributed by atoms with Crippen LogP contribution in [0.25, 0.3) is 27.5 Å². The van der Waals surface area contributed by atoms with Gasteiger partial charge in [0.2, 0.25) is 0 Å². The smallest absolute Gasteiger partial charge is 0.0541 e. The van der Waals surface area contributed by atoms with Crippen LogP contribution in [0.15, 0.2) is 65.1 Å². The molecule has 0 saturated heterocycles. The van der Waals surface area contributed by atoms with Crippen molar-refractivity contribution in [2.45, 2.75) is 46.0 Å². The second-order valence-electron chi connectivity index (χ2n) is 7.49. The summed E-state index contributed by atoms with van der Waals surface area (Å²) < 4.78 is 3.51. The maximum absolute atomic E-state index is 3.64. The van der Waals surface area contributed by atoms with Crippen LogP contribution < -0.4 is 0 Å². The Labute approximate surface area is 170 Å². The number of aryl methyl sites for hydroxylation is 2. The molecule has 3 aromatic carbocycles. The zero-order valence-electron chi connectivity index (χ0n) is 16.1. The minimum atomic E-state index is 1.12. The minimum absolute atomic E-state index is 1.12. The molecule has 0 spiro atoms. The van der Waals surface area contributed by atoms with Gasteiger partial charge in [-0.2, -0.15) is 0 Å². The summed E-state index contributed by atoms with van der Waals surface area (Å²) in [7, 11) is 0. The van der Waals surface area contributed by atoms with Gasteiger partial charge in [-0.25, -0.2) is 0 Å². The van der Waals surface area contributed by atoms with Crippen LogP contribution in [0, 0.1) is 6.92 Å². The van der Waals surface area contributed by atoms with E-state index in [1.807, 2.05) is 0 Å². The molecule has 0 unspecified atom stereocenters. The van der Waals surface area contributed by atoms with Crippen molar-refractivity contribution in [1.82, 2.24) is 4.57 Å². The summed E-state index contributed by atoms with van der Waals surface area (Å²) >= 11 is 3.64. The molecule has 138 valence electrons. The Kier molecular flexibility index (Phi) is 5.36. The summed E-state index contributed by atoms with van der Waals surface area (Å²) in [6.07, 6.45) is 6.44. The fourth-order valence-electron chi connectivity index (χ4n) is 3.96. The molecule has 1 nitrogen and oxygen atoms in total. The Hall–Kier alpha value is -2.06. The van der Waals surface area contributed by atoms with Crippen molar-refractivity contribution in [2.24, 2.45) is 0 Å². The van der Waals surface area contributed by atoms with Gasteiger partial charge in [-0.15, -0.1) is 0 Å². The number of nitrogens with zero attached hydrogens (tertiary/aromatic N) is 1. The van der Waals surface area contributed by atoms with Crippen molar-refractivity contribution in [1.29, 1.82) is 0 Å². The Morgan fingerprint density at radius 2 is 1.48 bits per heavy atom. The van der Waals surface area contributed by atoms with Crippen molar-refractivity contribution in [2.75, 3.05) is 0 Å². The third kappa shape index (κ3) is 3.68. The van der Waals surface area contributed by atoms with Gasteiger partial charge in [0.15, 0.2) is 0 Å².